The molecule has 0 spiro atoms. The van der Waals surface area contributed by atoms with Crippen LogP contribution in [-0.4, -0.2) is 95.0 Å². The molecule has 13 nitrogen and oxygen atoms in total. The molecule has 1 saturated heterocycles. The molecular weight excluding hydrogens is 832 g/mol. The zero-order valence-electron chi connectivity index (χ0n) is 36.3. The monoisotopic (exact) mass is 888 g/mol. The second kappa shape index (κ2) is 17.1. The lowest BCUT2D eigenvalue weighted by molar-refractivity contribution is -0.140. The zero-order valence-corrected chi connectivity index (χ0v) is 37.9. The number of aromatic nitrogens is 1. The second-order valence-corrected chi connectivity index (χ2v) is 21.5. The highest BCUT2D eigenvalue weighted by Gasteiger charge is 2.63. The van der Waals surface area contributed by atoms with Gasteiger partial charge in [-0.3, -0.25) is 24.1 Å². The van der Waals surface area contributed by atoms with Gasteiger partial charge >= 0.3 is 0 Å². The molecule has 1 unspecified atom stereocenters. The number of aliphatic imine (C=N–C) groups is 1. The number of carbonyl (C=O) groups excluding carboxylic acids is 3. The third-order valence-electron chi connectivity index (χ3n) is 13.2. The number of amides is 3. The van der Waals surface area contributed by atoms with Crippen LogP contribution in [0.25, 0.3) is 10.9 Å². The smallest absolute Gasteiger partial charge is 0.259 e. The number of hydrogen-bond acceptors (Lipinski definition) is 11. The quantitative estimate of drug-likeness (QED) is 0.186. The van der Waals surface area contributed by atoms with E-state index in [1.54, 1.807) is 38.8 Å². The second-order valence-electron chi connectivity index (χ2n) is 18.3. The van der Waals surface area contributed by atoms with Crippen molar-refractivity contribution in [3.63, 3.8) is 0 Å². The lowest BCUT2D eigenvalue weighted by Crippen LogP contribution is -2.58. The topological polar surface area (TPSA) is 168 Å². The number of nitrogens with zero attached hydrogens (tertiary/aromatic N) is 3. The van der Waals surface area contributed by atoms with Crippen LogP contribution in [0, 0.1) is 31.5 Å². The predicted octanol–water partition coefficient (Wildman–Crippen LogP) is 6.74. The summed E-state index contributed by atoms with van der Waals surface area (Å²) in [5.41, 5.74) is 1.78. The SMILES string of the molecule is COc1ccc2c(O[C@@H]3C[C@H]4C(=O)N[C@]5(C(=O)NS(=O)(=O)C6(C)CC6)C[C@H]5/C=C\CCCCC[C@H](Nc5cc(C)cc(F)c5)C(=O)N4C3)cc(C3=NC(C(C)C)CS3)nc2c1C. The summed E-state index contributed by atoms with van der Waals surface area (Å²) in [7, 11) is -2.39. The van der Waals surface area contributed by atoms with Crippen molar-refractivity contribution in [3.05, 3.63) is 71.2 Å². The molecule has 2 saturated carbocycles. The van der Waals surface area contributed by atoms with Crippen LogP contribution in [0.4, 0.5) is 10.1 Å². The van der Waals surface area contributed by atoms with Crippen molar-refractivity contribution in [2.75, 3.05) is 24.7 Å². The van der Waals surface area contributed by atoms with Gasteiger partial charge in [-0.25, -0.2) is 17.8 Å². The maximum Gasteiger partial charge on any atom is 0.259 e. The number of ether oxygens (including phenoxy) is 2. The fourth-order valence-electron chi connectivity index (χ4n) is 8.83. The molecule has 6 atom stereocenters. The van der Waals surface area contributed by atoms with Crippen LogP contribution < -0.4 is 24.8 Å². The molecule has 0 bridgehead atoms. The van der Waals surface area contributed by atoms with Gasteiger partial charge in [0.15, 0.2) is 0 Å². The first-order valence-electron chi connectivity index (χ1n) is 21.8. The third kappa shape index (κ3) is 8.78. The van der Waals surface area contributed by atoms with Gasteiger partial charge in [0.25, 0.3) is 5.91 Å². The van der Waals surface area contributed by atoms with Gasteiger partial charge in [0.05, 0.1) is 35.7 Å². The fourth-order valence-corrected chi connectivity index (χ4v) is 11.4. The Morgan fingerprint density at radius 1 is 1.08 bits per heavy atom. The standard InChI is InChI=1S/C46H57FN6O7S2/c1-26(2)36-25-61-42(50-36)35-22-39(33-14-15-38(59-6)28(4)40(33)49-35)60-32-21-37-41(54)51-46(44(56)52-62(57,58)45(5)16-17-45)23-29(46)12-10-8-7-9-11-13-34(43(55)53(37)24-32)48-31-19-27(3)18-30(47)20-31/h10,12,14-15,18-20,22,26,29,32,34,36-37,48H,7-9,11,13,16-17,21,23-25H2,1-6H3,(H,51,54)(H,52,56)/b12-10-/t29-,32-,34+,36?,37+,46-/m1/s1. The number of thioether (sulfide) groups is 1. The number of sulfonamides is 1. The molecular formula is C46H57FN6O7S2. The molecule has 2 aromatic carbocycles. The largest absolute Gasteiger partial charge is 0.496 e. The van der Waals surface area contributed by atoms with Gasteiger partial charge in [0.1, 0.15) is 46.1 Å². The van der Waals surface area contributed by atoms with Crippen molar-refractivity contribution in [1.29, 1.82) is 0 Å². The van der Waals surface area contributed by atoms with Crippen LogP contribution in [0.1, 0.15) is 95.4 Å². The molecule has 3 N–H and O–H groups in total. The first kappa shape index (κ1) is 43.9. The van der Waals surface area contributed by atoms with Crippen molar-refractivity contribution in [2.24, 2.45) is 16.8 Å². The normalized spacial score (nSPS) is 27.9. The van der Waals surface area contributed by atoms with Gasteiger partial charge in [0.2, 0.25) is 21.8 Å². The minimum atomic E-state index is -4.00. The highest BCUT2D eigenvalue weighted by Crippen LogP contribution is 2.48. The number of anilines is 1. The Morgan fingerprint density at radius 2 is 1.87 bits per heavy atom. The van der Waals surface area contributed by atoms with Gasteiger partial charge in [-0.1, -0.05) is 38.8 Å². The lowest BCUT2D eigenvalue weighted by atomic mass is 10.0. The number of benzene rings is 2. The number of fused-ring (bicyclic) bond motifs is 3. The number of allylic oxidation sites excluding steroid dienone is 1. The van der Waals surface area contributed by atoms with Crippen molar-refractivity contribution >= 4 is 61.1 Å². The average Bonchev–Trinajstić information content (AvgIpc) is 3.99. The number of aryl methyl sites for hydroxylation is 2. The molecule has 332 valence electrons. The molecule has 2 aliphatic carbocycles. The van der Waals surface area contributed by atoms with E-state index in [4.69, 9.17) is 19.5 Å². The van der Waals surface area contributed by atoms with Gasteiger partial charge in [0, 0.05) is 40.8 Å². The number of hydrogen-bond donors (Lipinski definition) is 3. The Balaban J connectivity index is 1.15. The molecule has 3 aliphatic heterocycles. The number of halogens is 1. The van der Waals surface area contributed by atoms with E-state index in [1.807, 2.05) is 37.3 Å². The molecule has 16 heteroatoms. The van der Waals surface area contributed by atoms with Crippen molar-refractivity contribution < 1.29 is 36.7 Å². The first-order chi connectivity index (χ1) is 29.5. The molecule has 62 heavy (non-hydrogen) atoms. The van der Waals surface area contributed by atoms with E-state index in [-0.39, 0.29) is 31.3 Å². The zero-order chi connectivity index (χ0) is 44.1. The molecule has 0 radical (unpaired) electrons. The van der Waals surface area contributed by atoms with E-state index in [9.17, 15) is 27.2 Å². The summed E-state index contributed by atoms with van der Waals surface area (Å²) in [4.78, 5) is 55.3. The molecule has 4 heterocycles. The summed E-state index contributed by atoms with van der Waals surface area (Å²) in [6, 6.07) is 8.42. The molecule has 5 aliphatic rings. The first-order valence-corrected chi connectivity index (χ1v) is 24.2. The highest BCUT2D eigenvalue weighted by molar-refractivity contribution is 8.14. The number of nitrogens with one attached hydrogen (secondary N) is 3. The molecule has 1 aromatic heterocycles. The van der Waals surface area contributed by atoms with Gasteiger partial charge in [-0.2, -0.15) is 0 Å². The third-order valence-corrected chi connectivity index (χ3v) is 16.4. The highest BCUT2D eigenvalue weighted by atomic mass is 32.2. The van der Waals surface area contributed by atoms with Crippen LogP contribution >= 0.6 is 11.8 Å². The summed E-state index contributed by atoms with van der Waals surface area (Å²) in [6.07, 6.45) is 7.83. The summed E-state index contributed by atoms with van der Waals surface area (Å²) in [5, 5.41) is 7.80. The number of pyridine rings is 1. The van der Waals surface area contributed by atoms with Crippen molar-refractivity contribution in [2.45, 2.75) is 127 Å². The maximum atomic E-state index is 15.0. The van der Waals surface area contributed by atoms with Crippen LogP contribution in [-0.2, 0) is 24.4 Å². The predicted molar refractivity (Wildman–Crippen MR) is 240 cm³/mol. The summed E-state index contributed by atoms with van der Waals surface area (Å²) in [6.45, 7) is 9.65. The maximum absolute atomic E-state index is 15.0. The molecule has 3 aromatic rings. The Bertz CT molecular complexity index is 2440. The molecule has 8 rings (SSSR count). The van der Waals surface area contributed by atoms with Crippen molar-refractivity contribution in [1.82, 2.24) is 19.9 Å². The summed E-state index contributed by atoms with van der Waals surface area (Å²) in [5.74, 6) is -0.229. The average molecular weight is 889 g/mol. The van der Waals surface area contributed by atoms with E-state index < -0.39 is 62.0 Å². The fraction of sp³-hybridized carbons (Fsp3) is 0.543. The van der Waals surface area contributed by atoms with Crippen molar-refractivity contribution in [3.8, 4) is 11.5 Å². The number of rotatable bonds is 10. The summed E-state index contributed by atoms with van der Waals surface area (Å²) < 4.78 is 55.1. The Kier molecular flexibility index (Phi) is 12.1. The van der Waals surface area contributed by atoms with E-state index in [2.05, 4.69) is 29.2 Å². The van der Waals surface area contributed by atoms with Crippen LogP contribution in [0.2, 0.25) is 0 Å². The molecule has 3 fully saturated rings. The lowest BCUT2D eigenvalue weighted by Gasteiger charge is -2.30. The van der Waals surface area contributed by atoms with E-state index in [1.165, 1.54) is 17.0 Å². The number of methoxy groups -OCH3 is 1. The Hall–Kier alpha value is -4.70. The van der Waals surface area contributed by atoms with Gasteiger partial charge < -0.3 is 25.0 Å². The summed E-state index contributed by atoms with van der Waals surface area (Å²) >= 11 is 1.65. The van der Waals surface area contributed by atoms with Crippen LogP contribution in [0.5, 0.6) is 11.5 Å². The van der Waals surface area contributed by atoms with E-state index >= 15 is 0 Å². The van der Waals surface area contributed by atoms with Crippen LogP contribution in [0.15, 0.2) is 53.5 Å². The minimum Gasteiger partial charge on any atom is -0.496 e. The van der Waals surface area contributed by atoms with Gasteiger partial charge in [-0.05, 0) is 101 Å². The molecule has 3 amide bonds. The van der Waals surface area contributed by atoms with Crippen LogP contribution in [0.3, 0.4) is 0 Å². The van der Waals surface area contributed by atoms with E-state index in [0.717, 1.165) is 34.6 Å². The van der Waals surface area contributed by atoms with E-state index in [0.29, 0.717) is 72.0 Å². The van der Waals surface area contributed by atoms with Gasteiger partial charge in [-0.15, -0.1) is 11.8 Å². The minimum absolute atomic E-state index is 0.0337. The Labute approximate surface area is 367 Å². The number of carbonyl (C=O) groups is 3. The Morgan fingerprint density at radius 3 is 2.58 bits per heavy atom.